The van der Waals surface area contributed by atoms with Gasteiger partial charge >= 0.3 is 0 Å². The van der Waals surface area contributed by atoms with Crippen LogP contribution in [0, 0.1) is 0 Å². The monoisotopic (exact) mass is 269 g/mol. The number of thioether (sulfide) groups is 1. The van der Waals surface area contributed by atoms with Gasteiger partial charge in [-0.1, -0.05) is 0 Å². The summed E-state index contributed by atoms with van der Waals surface area (Å²) in [6.07, 6.45) is -4.52. The fraction of sp³-hybridized carbons (Fsp3) is 0.889. The molecule has 0 saturated carbocycles. The number of halogens is 1. The molecule has 1 fully saturated rings. The number of carbonyl (C=O) groups excluding carboxylic acids is 1. The second kappa shape index (κ2) is 5.96. The largest absolute Gasteiger partial charge is 0.395 e. The number of aliphatic hydroxyl groups is 4. The maximum atomic E-state index is 12.7. The summed E-state index contributed by atoms with van der Waals surface area (Å²) in [5.74, 6) is -0.969. The van der Waals surface area contributed by atoms with Crippen molar-refractivity contribution in [1.29, 1.82) is 0 Å². The first kappa shape index (κ1) is 14.7. The van der Waals surface area contributed by atoms with Crippen LogP contribution in [0.4, 0.5) is 4.39 Å². The maximum Gasteiger partial charge on any atom is 0.254 e. The number of aliphatic hydroxyl groups excluding tert-OH is 4. The minimum Gasteiger partial charge on any atom is -0.395 e. The van der Waals surface area contributed by atoms with Crippen LogP contribution in [0.5, 0.6) is 0 Å². The normalized spacial score (nSPS) is 39.8. The first-order valence-corrected chi connectivity index (χ1v) is 6.07. The Balaban J connectivity index is 2.69. The first-order chi connectivity index (χ1) is 7.88. The summed E-state index contributed by atoms with van der Waals surface area (Å²) in [6.45, 7) is 0.608. The molecule has 8 heteroatoms. The van der Waals surface area contributed by atoms with E-state index in [9.17, 15) is 24.5 Å². The molecule has 0 aromatic carbocycles. The Morgan fingerprint density at radius 2 is 2.00 bits per heavy atom. The molecular weight excluding hydrogens is 253 g/mol. The molecule has 0 spiro atoms. The van der Waals surface area contributed by atoms with Gasteiger partial charge in [-0.15, -0.1) is 11.8 Å². The lowest BCUT2D eigenvalue weighted by atomic mass is 10.0. The Labute approximate surface area is 102 Å². The van der Waals surface area contributed by atoms with Crippen LogP contribution in [-0.2, 0) is 4.79 Å². The zero-order valence-electron chi connectivity index (χ0n) is 9.15. The van der Waals surface area contributed by atoms with Crippen LogP contribution in [0.2, 0.25) is 0 Å². The lowest BCUT2D eigenvalue weighted by molar-refractivity contribution is -0.129. The van der Waals surface area contributed by atoms with Gasteiger partial charge in [0.2, 0.25) is 0 Å². The maximum absolute atomic E-state index is 12.7. The molecule has 4 unspecified atom stereocenters. The molecule has 1 saturated heterocycles. The minimum absolute atomic E-state index is 0.417. The zero-order valence-corrected chi connectivity index (χ0v) is 9.97. The average molecular weight is 269 g/mol. The minimum atomic E-state index is -1.77. The summed E-state index contributed by atoms with van der Waals surface area (Å²) in [6, 6.07) is -1.16. The molecule has 0 aromatic rings. The van der Waals surface area contributed by atoms with Crippen molar-refractivity contribution in [1.82, 2.24) is 5.32 Å². The van der Waals surface area contributed by atoms with Gasteiger partial charge < -0.3 is 25.7 Å². The predicted octanol–water partition coefficient (Wildman–Crippen LogP) is -2.02. The van der Waals surface area contributed by atoms with E-state index in [-0.39, 0.29) is 0 Å². The quantitative estimate of drug-likeness (QED) is 0.404. The molecule has 5 N–H and O–H groups in total. The molecule has 1 aliphatic rings. The standard InChI is InChI=1S/C9H16FNO5S/c1-3(10)8(15)11-5-7(14)6(13)4(2-12)17-9(5)16/h3-7,9,12-14,16H,2H2,1H3,(H,11,15)/t3?,4?,5?,6-,7-,9?/m1/s1. The van der Waals surface area contributed by atoms with E-state index in [0.29, 0.717) is 0 Å². The Bertz CT molecular complexity index is 280. The number of carbonyl (C=O) groups is 1. The third-order valence-corrected chi connectivity index (χ3v) is 3.92. The molecule has 0 bridgehead atoms. The van der Waals surface area contributed by atoms with E-state index >= 15 is 0 Å². The van der Waals surface area contributed by atoms with Crippen molar-refractivity contribution in [3.63, 3.8) is 0 Å². The summed E-state index contributed by atoms with van der Waals surface area (Å²) < 4.78 is 12.7. The number of hydrogen-bond donors (Lipinski definition) is 5. The van der Waals surface area contributed by atoms with Crippen molar-refractivity contribution < 1.29 is 29.6 Å². The third-order valence-electron chi connectivity index (χ3n) is 2.57. The SMILES string of the molecule is CC(F)C(=O)NC1C(O)SC(CO)[C@@H](O)[C@@H]1O. The van der Waals surface area contributed by atoms with Crippen molar-refractivity contribution in [3.8, 4) is 0 Å². The van der Waals surface area contributed by atoms with Crippen LogP contribution >= 0.6 is 11.8 Å². The van der Waals surface area contributed by atoms with Gasteiger partial charge in [0.15, 0.2) is 6.17 Å². The van der Waals surface area contributed by atoms with Crippen molar-refractivity contribution in [2.24, 2.45) is 0 Å². The van der Waals surface area contributed by atoms with Crippen LogP contribution in [0.1, 0.15) is 6.92 Å². The Morgan fingerprint density at radius 3 is 2.47 bits per heavy atom. The molecule has 0 radical (unpaired) electrons. The van der Waals surface area contributed by atoms with E-state index < -0.39 is 47.6 Å². The number of hydrogen-bond acceptors (Lipinski definition) is 6. The molecule has 0 aromatic heterocycles. The number of nitrogens with one attached hydrogen (secondary N) is 1. The van der Waals surface area contributed by atoms with Gasteiger partial charge in [-0.05, 0) is 6.92 Å². The predicted molar refractivity (Wildman–Crippen MR) is 59.0 cm³/mol. The van der Waals surface area contributed by atoms with Crippen molar-refractivity contribution in [2.75, 3.05) is 6.61 Å². The van der Waals surface area contributed by atoms with Gasteiger partial charge in [-0.25, -0.2) is 4.39 Å². The molecule has 0 aliphatic carbocycles. The van der Waals surface area contributed by atoms with Crippen LogP contribution in [0.3, 0.4) is 0 Å². The van der Waals surface area contributed by atoms with E-state index in [1.165, 1.54) is 0 Å². The highest BCUT2D eigenvalue weighted by atomic mass is 32.2. The molecular formula is C9H16FNO5S. The van der Waals surface area contributed by atoms with E-state index in [1.54, 1.807) is 0 Å². The second-order valence-corrected chi connectivity index (χ2v) is 5.24. The lowest BCUT2D eigenvalue weighted by Crippen LogP contribution is -2.61. The summed E-state index contributed by atoms with van der Waals surface area (Å²) in [5.41, 5.74) is -1.21. The molecule has 1 rings (SSSR count). The van der Waals surface area contributed by atoms with Gasteiger partial charge in [0.05, 0.1) is 24.0 Å². The molecule has 1 amide bonds. The van der Waals surface area contributed by atoms with Gasteiger partial charge in [0.1, 0.15) is 11.5 Å². The summed E-state index contributed by atoms with van der Waals surface area (Å²) >= 11 is 0.818. The molecule has 100 valence electrons. The first-order valence-electron chi connectivity index (χ1n) is 5.13. The Morgan fingerprint density at radius 1 is 1.41 bits per heavy atom. The van der Waals surface area contributed by atoms with Gasteiger partial charge in [-0.2, -0.15) is 0 Å². The fourth-order valence-corrected chi connectivity index (χ4v) is 2.70. The summed E-state index contributed by atoms with van der Waals surface area (Å²) in [4.78, 5) is 11.1. The Kier molecular flexibility index (Phi) is 5.14. The molecule has 6 nitrogen and oxygen atoms in total. The number of rotatable bonds is 3. The summed E-state index contributed by atoms with van der Waals surface area (Å²) in [5, 5.41) is 39.2. The highest BCUT2D eigenvalue weighted by Gasteiger charge is 2.44. The fourth-order valence-electron chi connectivity index (χ4n) is 1.53. The van der Waals surface area contributed by atoms with Crippen molar-refractivity contribution >= 4 is 17.7 Å². The number of amides is 1. The third kappa shape index (κ3) is 3.29. The van der Waals surface area contributed by atoms with E-state index in [1.807, 2.05) is 0 Å². The highest BCUT2D eigenvalue weighted by Crippen LogP contribution is 2.31. The summed E-state index contributed by atoms with van der Waals surface area (Å²) in [7, 11) is 0. The number of alkyl halides is 1. The van der Waals surface area contributed by atoms with Gasteiger partial charge in [-0.3, -0.25) is 4.79 Å². The van der Waals surface area contributed by atoms with Crippen LogP contribution in [-0.4, -0.2) is 68.0 Å². The van der Waals surface area contributed by atoms with E-state index in [4.69, 9.17) is 5.11 Å². The topological polar surface area (TPSA) is 110 Å². The van der Waals surface area contributed by atoms with Gasteiger partial charge in [0, 0.05) is 0 Å². The van der Waals surface area contributed by atoms with Crippen molar-refractivity contribution in [2.45, 2.75) is 42.0 Å². The van der Waals surface area contributed by atoms with E-state index in [0.717, 1.165) is 18.7 Å². The van der Waals surface area contributed by atoms with Crippen LogP contribution in [0.25, 0.3) is 0 Å². The molecule has 1 heterocycles. The smallest absolute Gasteiger partial charge is 0.254 e. The van der Waals surface area contributed by atoms with E-state index in [2.05, 4.69) is 5.32 Å². The highest BCUT2D eigenvalue weighted by molar-refractivity contribution is 8.00. The van der Waals surface area contributed by atoms with Crippen molar-refractivity contribution in [3.05, 3.63) is 0 Å². The lowest BCUT2D eigenvalue weighted by Gasteiger charge is -2.39. The second-order valence-electron chi connectivity index (χ2n) is 3.88. The molecule has 1 aliphatic heterocycles. The average Bonchev–Trinajstić information content (AvgIpc) is 2.28. The molecule has 17 heavy (non-hydrogen) atoms. The Hall–Kier alpha value is -0.410. The molecule has 6 atom stereocenters. The van der Waals surface area contributed by atoms with Crippen LogP contribution < -0.4 is 5.32 Å². The zero-order chi connectivity index (χ0) is 13.2. The van der Waals surface area contributed by atoms with Crippen LogP contribution in [0.15, 0.2) is 0 Å². The van der Waals surface area contributed by atoms with Gasteiger partial charge in [0.25, 0.3) is 5.91 Å².